The van der Waals surface area contributed by atoms with Crippen LogP contribution >= 0.6 is 0 Å². The Hall–Kier alpha value is -2.33. The highest BCUT2D eigenvalue weighted by atomic mass is 16.4. The summed E-state index contributed by atoms with van der Waals surface area (Å²) in [5.74, 6) is -0.534. The van der Waals surface area contributed by atoms with Crippen molar-refractivity contribution in [3.8, 4) is 16.9 Å². The molecule has 0 radical (unpaired) electrons. The van der Waals surface area contributed by atoms with Crippen LogP contribution in [-0.4, -0.2) is 22.7 Å². The van der Waals surface area contributed by atoms with Crippen LogP contribution in [0, 0.1) is 0 Å². The van der Waals surface area contributed by atoms with Gasteiger partial charge in [0.25, 0.3) is 0 Å². The second-order valence-corrected chi connectivity index (χ2v) is 4.56. The predicted octanol–water partition coefficient (Wildman–Crippen LogP) is 2.62. The highest BCUT2D eigenvalue weighted by molar-refractivity contribution is 5.67. The van der Waals surface area contributed by atoms with Crippen molar-refractivity contribution in [2.45, 2.75) is 13.0 Å². The minimum atomic E-state index is -0.792. The zero-order valence-electron chi connectivity index (χ0n) is 11.0. The molecule has 2 rings (SSSR count). The molecule has 0 aliphatic rings. The van der Waals surface area contributed by atoms with Crippen molar-refractivity contribution in [2.75, 3.05) is 6.54 Å². The molecule has 2 aromatic carbocycles. The Kier molecular flexibility index (Phi) is 4.74. The fourth-order valence-electron chi connectivity index (χ4n) is 1.90. The number of phenols is 1. The summed E-state index contributed by atoms with van der Waals surface area (Å²) in [6.07, 6.45) is 0.131. The third-order valence-electron chi connectivity index (χ3n) is 3.00. The number of rotatable bonds is 6. The van der Waals surface area contributed by atoms with E-state index in [-0.39, 0.29) is 12.2 Å². The average Bonchev–Trinajstić information content (AvgIpc) is 2.45. The molecule has 104 valence electrons. The molecule has 0 atom stereocenters. The first-order chi connectivity index (χ1) is 9.65. The summed E-state index contributed by atoms with van der Waals surface area (Å²) in [4.78, 5) is 10.4. The number of aromatic hydroxyl groups is 1. The molecule has 4 heteroatoms. The first-order valence-electron chi connectivity index (χ1n) is 6.46. The molecule has 0 aliphatic heterocycles. The second-order valence-electron chi connectivity index (χ2n) is 4.56. The molecule has 0 saturated carbocycles. The molecule has 2 aromatic rings. The van der Waals surface area contributed by atoms with Gasteiger partial charge in [-0.25, -0.2) is 0 Å². The van der Waals surface area contributed by atoms with Gasteiger partial charge in [0, 0.05) is 13.1 Å². The molecule has 0 bridgehead atoms. The van der Waals surface area contributed by atoms with Gasteiger partial charge in [0.15, 0.2) is 0 Å². The van der Waals surface area contributed by atoms with Gasteiger partial charge in [-0.1, -0.05) is 36.4 Å². The Labute approximate surface area is 117 Å². The zero-order valence-corrected chi connectivity index (χ0v) is 11.0. The van der Waals surface area contributed by atoms with Gasteiger partial charge >= 0.3 is 5.97 Å². The number of hydrogen-bond acceptors (Lipinski definition) is 3. The van der Waals surface area contributed by atoms with Gasteiger partial charge in [-0.2, -0.15) is 0 Å². The Morgan fingerprint density at radius 3 is 2.05 bits per heavy atom. The van der Waals surface area contributed by atoms with Crippen molar-refractivity contribution in [3.05, 3.63) is 54.1 Å². The number of benzene rings is 2. The van der Waals surface area contributed by atoms with Gasteiger partial charge in [-0.3, -0.25) is 4.79 Å². The summed E-state index contributed by atoms with van der Waals surface area (Å²) >= 11 is 0. The van der Waals surface area contributed by atoms with Crippen molar-refractivity contribution in [2.24, 2.45) is 0 Å². The largest absolute Gasteiger partial charge is 0.508 e. The Morgan fingerprint density at radius 2 is 1.50 bits per heavy atom. The number of nitrogens with one attached hydrogen (secondary N) is 1. The van der Waals surface area contributed by atoms with Crippen molar-refractivity contribution >= 4 is 5.97 Å². The smallest absolute Gasteiger partial charge is 0.304 e. The van der Waals surface area contributed by atoms with Gasteiger partial charge < -0.3 is 15.5 Å². The van der Waals surface area contributed by atoms with E-state index in [1.165, 1.54) is 0 Å². The molecule has 0 spiro atoms. The number of phenolic OH excluding ortho intramolecular Hbond substituents is 1. The molecular weight excluding hydrogens is 254 g/mol. The average molecular weight is 271 g/mol. The standard InChI is InChI=1S/C16H17NO3/c18-15-7-5-14(6-8-15)13-3-1-12(2-4-13)11-17-10-9-16(19)20/h1-8,17-18H,9-11H2,(H,19,20). The first-order valence-corrected chi connectivity index (χ1v) is 6.46. The molecule has 3 N–H and O–H groups in total. The van der Waals surface area contributed by atoms with Crippen molar-refractivity contribution in [1.29, 1.82) is 0 Å². The van der Waals surface area contributed by atoms with Crippen LogP contribution in [0.1, 0.15) is 12.0 Å². The van der Waals surface area contributed by atoms with Gasteiger partial charge in [0.05, 0.1) is 6.42 Å². The topological polar surface area (TPSA) is 69.6 Å². The molecule has 0 heterocycles. The maximum absolute atomic E-state index is 10.4. The molecular formula is C16H17NO3. The van der Waals surface area contributed by atoms with Crippen LogP contribution in [0.2, 0.25) is 0 Å². The normalized spacial score (nSPS) is 10.4. The summed E-state index contributed by atoms with van der Waals surface area (Å²) in [5.41, 5.74) is 3.24. The quantitative estimate of drug-likeness (QED) is 0.706. The lowest BCUT2D eigenvalue weighted by atomic mass is 10.0. The first kappa shape index (κ1) is 14.1. The molecule has 0 amide bonds. The van der Waals surface area contributed by atoms with Crippen LogP contribution in [-0.2, 0) is 11.3 Å². The number of hydrogen-bond donors (Lipinski definition) is 3. The van der Waals surface area contributed by atoms with Crippen LogP contribution < -0.4 is 5.32 Å². The minimum Gasteiger partial charge on any atom is -0.508 e. The van der Waals surface area contributed by atoms with Crippen LogP contribution in [0.15, 0.2) is 48.5 Å². The zero-order chi connectivity index (χ0) is 14.4. The van der Waals surface area contributed by atoms with Gasteiger partial charge in [0.2, 0.25) is 0 Å². The van der Waals surface area contributed by atoms with E-state index in [0.717, 1.165) is 16.7 Å². The van der Waals surface area contributed by atoms with Gasteiger partial charge in [-0.05, 0) is 28.8 Å². The summed E-state index contributed by atoms with van der Waals surface area (Å²) in [5, 5.41) is 20.9. The Bertz CT molecular complexity index is 561. The molecule has 0 saturated heterocycles. The second kappa shape index (κ2) is 6.73. The fourth-order valence-corrected chi connectivity index (χ4v) is 1.90. The minimum absolute atomic E-state index is 0.131. The van der Waals surface area contributed by atoms with E-state index in [1.807, 2.05) is 36.4 Å². The SMILES string of the molecule is O=C(O)CCNCc1ccc(-c2ccc(O)cc2)cc1. The van der Waals surface area contributed by atoms with Crippen molar-refractivity contribution in [1.82, 2.24) is 5.32 Å². The van der Waals surface area contributed by atoms with Gasteiger partial charge in [-0.15, -0.1) is 0 Å². The molecule has 0 unspecified atom stereocenters. The van der Waals surface area contributed by atoms with E-state index in [0.29, 0.717) is 13.1 Å². The third kappa shape index (κ3) is 4.10. The number of carboxylic acids is 1. The van der Waals surface area contributed by atoms with E-state index >= 15 is 0 Å². The Balaban J connectivity index is 1.92. The lowest BCUT2D eigenvalue weighted by Crippen LogP contribution is -2.17. The predicted molar refractivity (Wildman–Crippen MR) is 77.5 cm³/mol. The third-order valence-corrected chi connectivity index (χ3v) is 3.00. The van der Waals surface area contributed by atoms with Crippen molar-refractivity contribution < 1.29 is 15.0 Å². The van der Waals surface area contributed by atoms with E-state index in [4.69, 9.17) is 5.11 Å². The molecule has 4 nitrogen and oxygen atoms in total. The molecule has 0 aliphatic carbocycles. The van der Waals surface area contributed by atoms with Crippen LogP contribution in [0.25, 0.3) is 11.1 Å². The summed E-state index contributed by atoms with van der Waals surface area (Å²) in [6, 6.07) is 15.1. The highest BCUT2D eigenvalue weighted by Gasteiger charge is 1.99. The maximum Gasteiger partial charge on any atom is 0.304 e. The maximum atomic E-state index is 10.4. The number of aliphatic carboxylic acids is 1. The summed E-state index contributed by atoms with van der Waals surface area (Å²) in [7, 11) is 0. The van der Waals surface area contributed by atoms with E-state index in [2.05, 4.69) is 5.32 Å². The fraction of sp³-hybridized carbons (Fsp3) is 0.188. The van der Waals surface area contributed by atoms with Gasteiger partial charge in [0.1, 0.15) is 5.75 Å². The van der Waals surface area contributed by atoms with E-state index < -0.39 is 5.97 Å². The van der Waals surface area contributed by atoms with E-state index in [1.54, 1.807) is 12.1 Å². The monoisotopic (exact) mass is 271 g/mol. The lowest BCUT2D eigenvalue weighted by Gasteiger charge is -2.06. The molecule has 20 heavy (non-hydrogen) atoms. The number of carbonyl (C=O) groups is 1. The van der Waals surface area contributed by atoms with Crippen LogP contribution in [0.4, 0.5) is 0 Å². The molecule has 0 aromatic heterocycles. The van der Waals surface area contributed by atoms with Crippen LogP contribution in [0.3, 0.4) is 0 Å². The lowest BCUT2D eigenvalue weighted by molar-refractivity contribution is -0.136. The highest BCUT2D eigenvalue weighted by Crippen LogP contribution is 2.22. The van der Waals surface area contributed by atoms with Crippen molar-refractivity contribution in [3.63, 3.8) is 0 Å². The van der Waals surface area contributed by atoms with E-state index in [9.17, 15) is 9.90 Å². The summed E-state index contributed by atoms with van der Waals surface area (Å²) < 4.78 is 0. The molecule has 0 fully saturated rings. The Morgan fingerprint density at radius 1 is 0.950 bits per heavy atom. The summed E-state index contributed by atoms with van der Waals surface area (Å²) in [6.45, 7) is 1.12. The van der Waals surface area contributed by atoms with Crippen LogP contribution in [0.5, 0.6) is 5.75 Å². The number of carboxylic acid groups (broad SMARTS) is 1.